The molecule has 0 radical (unpaired) electrons. The number of esters is 1. The number of carboxylic acid groups (broad SMARTS) is 1. The number of aliphatic carboxylic acids is 1. The molecule has 8 heteroatoms. The van der Waals surface area contributed by atoms with Crippen molar-refractivity contribution >= 4 is 17.9 Å². The largest absolute Gasteiger partial charge is 0.480 e. The Bertz CT molecular complexity index is 590. The molecule has 25 heavy (non-hydrogen) atoms. The quantitative estimate of drug-likeness (QED) is 0.423. The van der Waals surface area contributed by atoms with E-state index in [1.807, 2.05) is 30.3 Å². The van der Waals surface area contributed by atoms with Crippen molar-refractivity contribution in [2.45, 2.75) is 31.9 Å². The molecule has 0 amide bonds. The second kappa shape index (κ2) is 9.75. The summed E-state index contributed by atoms with van der Waals surface area (Å²) in [6, 6.07) is 8.73. The van der Waals surface area contributed by atoms with Crippen LogP contribution >= 0.6 is 0 Å². The summed E-state index contributed by atoms with van der Waals surface area (Å²) >= 11 is 0. The molecule has 1 aliphatic heterocycles. The van der Waals surface area contributed by atoms with Crippen LogP contribution in [0.2, 0.25) is 0 Å². The molecule has 1 atom stereocenters. The van der Waals surface area contributed by atoms with Gasteiger partial charge in [-0.25, -0.2) is 9.59 Å². The summed E-state index contributed by atoms with van der Waals surface area (Å²) < 4.78 is 10.2. The van der Waals surface area contributed by atoms with E-state index in [0.29, 0.717) is 32.5 Å². The molecule has 0 aromatic heterocycles. The topological polar surface area (TPSA) is 102 Å². The van der Waals surface area contributed by atoms with Crippen molar-refractivity contribution in [1.29, 1.82) is 0 Å². The Kier molecular flexibility index (Phi) is 7.36. The molecule has 1 heterocycles. The smallest absolute Gasteiger partial charge is 0.436 e. The number of carbonyl (C=O) groups excluding carboxylic acids is 2. The molecule has 0 aliphatic carbocycles. The molecular formula is C17H21NO7. The van der Waals surface area contributed by atoms with Crippen molar-refractivity contribution in [3.05, 3.63) is 35.9 Å². The highest BCUT2D eigenvalue weighted by atomic mass is 16.7. The van der Waals surface area contributed by atoms with E-state index in [0.717, 1.165) is 10.6 Å². The molecular weight excluding hydrogens is 330 g/mol. The number of benzene rings is 1. The van der Waals surface area contributed by atoms with Crippen molar-refractivity contribution in [3.8, 4) is 0 Å². The molecule has 2 rings (SSSR count). The number of carboxylic acids is 1. The zero-order valence-electron chi connectivity index (χ0n) is 13.8. The van der Waals surface area contributed by atoms with Crippen LogP contribution in [0.1, 0.15) is 24.8 Å². The fourth-order valence-electron chi connectivity index (χ4n) is 2.39. The van der Waals surface area contributed by atoms with E-state index >= 15 is 0 Å². The lowest BCUT2D eigenvalue weighted by molar-refractivity contribution is -0.206. The second-order valence-corrected chi connectivity index (χ2v) is 5.54. The van der Waals surface area contributed by atoms with Crippen LogP contribution in [0.5, 0.6) is 0 Å². The van der Waals surface area contributed by atoms with Crippen LogP contribution in [-0.4, -0.2) is 53.9 Å². The average Bonchev–Trinajstić information content (AvgIpc) is 3.07. The molecule has 1 aromatic rings. The lowest BCUT2D eigenvalue weighted by atomic mass is 10.2. The summed E-state index contributed by atoms with van der Waals surface area (Å²) in [5, 5.41) is 9.99. The minimum absolute atomic E-state index is 0.0189. The third kappa shape index (κ3) is 6.17. The molecule has 136 valence electrons. The summed E-state index contributed by atoms with van der Waals surface area (Å²) in [7, 11) is 0. The van der Waals surface area contributed by atoms with Crippen LogP contribution in [0.3, 0.4) is 0 Å². The first-order valence-corrected chi connectivity index (χ1v) is 8.08. The molecule has 1 saturated heterocycles. The number of hydrogen-bond donors (Lipinski definition) is 1. The van der Waals surface area contributed by atoms with Gasteiger partial charge in [0.25, 0.3) is 0 Å². The van der Waals surface area contributed by atoms with Gasteiger partial charge < -0.3 is 19.4 Å². The fourth-order valence-corrected chi connectivity index (χ4v) is 2.39. The maximum absolute atomic E-state index is 11.6. The Morgan fingerprint density at radius 2 is 1.88 bits per heavy atom. The predicted octanol–water partition coefficient (Wildman–Crippen LogP) is 1.14. The maximum Gasteiger partial charge on any atom is 0.436 e. The molecule has 1 aliphatic rings. The van der Waals surface area contributed by atoms with Crippen LogP contribution in [0.25, 0.3) is 0 Å². The van der Waals surface area contributed by atoms with E-state index in [4.69, 9.17) is 19.4 Å². The van der Waals surface area contributed by atoms with Gasteiger partial charge in [0.05, 0.1) is 19.8 Å². The number of hydroxylamine groups is 2. The lowest BCUT2D eigenvalue weighted by Crippen LogP contribution is -2.39. The van der Waals surface area contributed by atoms with E-state index in [2.05, 4.69) is 0 Å². The van der Waals surface area contributed by atoms with Crippen molar-refractivity contribution in [1.82, 2.24) is 5.06 Å². The number of ether oxygens (including phenoxy) is 2. The molecule has 0 unspecified atom stereocenters. The van der Waals surface area contributed by atoms with Crippen LogP contribution in [-0.2, 0) is 35.3 Å². The first kappa shape index (κ1) is 18.9. The minimum Gasteiger partial charge on any atom is -0.480 e. The number of nitrogens with zero attached hydrogens (tertiary/aromatic N) is 1. The van der Waals surface area contributed by atoms with Gasteiger partial charge in [-0.3, -0.25) is 4.79 Å². The van der Waals surface area contributed by atoms with Gasteiger partial charge in [-0.05, 0) is 18.4 Å². The van der Waals surface area contributed by atoms with E-state index in [9.17, 15) is 14.4 Å². The second-order valence-electron chi connectivity index (χ2n) is 5.54. The summed E-state index contributed by atoms with van der Waals surface area (Å²) in [6.07, 6.45) is 1.39. The lowest BCUT2D eigenvalue weighted by Gasteiger charge is -2.18. The molecule has 0 bridgehead atoms. The van der Waals surface area contributed by atoms with Crippen molar-refractivity contribution in [2.24, 2.45) is 0 Å². The fraction of sp³-hybridized carbons (Fsp3) is 0.471. The number of carbonyl (C=O) groups is 3. The van der Waals surface area contributed by atoms with Gasteiger partial charge in [0.15, 0.2) is 0 Å². The third-order valence-corrected chi connectivity index (χ3v) is 3.63. The highest BCUT2D eigenvalue weighted by molar-refractivity contribution is 6.29. The monoisotopic (exact) mass is 351 g/mol. The zero-order chi connectivity index (χ0) is 18.1. The zero-order valence-corrected chi connectivity index (χ0v) is 13.8. The van der Waals surface area contributed by atoms with Crippen LogP contribution in [0, 0.1) is 0 Å². The first-order chi connectivity index (χ1) is 12.1. The molecule has 8 nitrogen and oxygen atoms in total. The van der Waals surface area contributed by atoms with Gasteiger partial charge in [-0.2, -0.15) is 0 Å². The van der Waals surface area contributed by atoms with Gasteiger partial charge in [-0.1, -0.05) is 30.3 Å². The number of rotatable bonds is 8. The highest BCUT2D eigenvalue weighted by Crippen LogP contribution is 2.17. The van der Waals surface area contributed by atoms with Crippen molar-refractivity contribution < 1.29 is 33.8 Å². The molecule has 1 fully saturated rings. The van der Waals surface area contributed by atoms with Crippen LogP contribution in [0.4, 0.5) is 0 Å². The Morgan fingerprint density at radius 1 is 1.12 bits per heavy atom. The molecule has 0 spiro atoms. The Hall–Kier alpha value is -2.45. The summed E-state index contributed by atoms with van der Waals surface area (Å²) in [6.45, 7) is 1.14. The standard InChI is InChI=1S/C17H21NO7/c19-15(20)14-8-4-9-18(14)25-17(22)16(21)24-11-5-10-23-12-13-6-2-1-3-7-13/h1-3,6-7,14H,4-5,8-12H2,(H,19,20)/t14-/m0/s1. The summed E-state index contributed by atoms with van der Waals surface area (Å²) in [5.41, 5.74) is 1.04. The van der Waals surface area contributed by atoms with E-state index in [-0.39, 0.29) is 13.2 Å². The van der Waals surface area contributed by atoms with Crippen molar-refractivity contribution in [3.63, 3.8) is 0 Å². The SMILES string of the molecule is O=C(OCCCOCc1ccccc1)C(=O)ON1CCC[C@H]1C(=O)O. The Balaban J connectivity index is 1.58. The molecule has 0 saturated carbocycles. The first-order valence-electron chi connectivity index (χ1n) is 8.08. The summed E-state index contributed by atoms with van der Waals surface area (Å²) in [5.74, 6) is -3.44. The predicted molar refractivity (Wildman–Crippen MR) is 85.1 cm³/mol. The highest BCUT2D eigenvalue weighted by Gasteiger charge is 2.35. The van der Waals surface area contributed by atoms with Gasteiger partial charge in [0.2, 0.25) is 0 Å². The average molecular weight is 351 g/mol. The number of hydrogen-bond acceptors (Lipinski definition) is 7. The van der Waals surface area contributed by atoms with Gasteiger partial charge >= 0.3 is 17.9 Å². The van der Waals surface area contributed by atoms with E-state index in [1.54, 1.807) is 0 Å². The van der Waals surface area contributed by atoms with Gasteiger partial charge in [-0.15, -0.1) is 5.06 Å². The minimum atomic E-state index is -1.21. The van der Waals surface area contributed by atoms with Gasteiger partial charge in [0, 0.05) is 13.0 Å². The Morgan fingerprint density at radius 3 is 2.60 bits per heavy atom. The van der Waals surface area contributed by atoms with Crippen LogP contribution in [0.15, 0.2) is 30.3 Å². The van der Waals surface area contributed by atoms with E-state index in [1.165, 1.54) is 0 Å². The maximum atomic E-state index is 11.6. The summed E-state index contributed by atoms with van der Waals surface area (Å²) in [4.78, 5) is 38.9. The van der Waals surface area contributed by atoms with Gasteiger partial charge in [0.1, 0.15) is 6.04 Å². The molecule has 1 aromatic carbocycles. The van der Waals surface area contributed by atoms with E-state index < -0.39 is 23.9 Å². The normalized spacial score (nSPS) is 17.2. The third-order valence-electron chi connectivity index (χ3n) is 3.63. The van der Waals surface area contributed by atoms with Crippen LogP contribution < -0.4 is 0 Å². The molecule has 1 N–H and O–H groups in total. The van der Waals surface area contributed by atoms with Crippen molar-refractivity contribution in [2.75, 3.05) is 19.8 Å². The Labute approximate surface area is 145 Å².